The normalized spacial score (nSPS) is 12.2. The first kappa shape index (κ1) is 19.5. The molecule has 0 aliphatic heterocycles. The van der Waals surface area contributed by atoms with Gasteiger partial charge in [-0.2, -0.15) is 13.2 Å². The van der Waals surface area contributed by atoms with Gasteiger partial charge >= 0.3 is 18.2 Å². The van der Waals surface area contributed by atoms with E-state index in [4.69, 9.17) is 4.74 Å². The van der Waals surface area contributed by atoms with Crippen LogP contribution in [0, 0.1) is 0 Å². The number of benzene rings is 1. The van der Waals surface area contributed by atoms with Crippen molar-refractivity contribution in [3.05, 3.63) is 35.9 Å². The highest BCUT2D eigenvalue weighted by Gasteiger charge is 2.41. The van der Waals surface area contributed by atoms with Crippen molar-refractivity contribution in [1.82, 2.24) is 10.2 Å². The molecule has 0 radical (unpaired) electrons. The molecular weight excluding hydrogens is 329 g/mol. The van der Waals surface area contributed by atoms with Crippen molar-refractivity contribution >= 4 is 18.3 Å². The van der Waals surface area contributed by atoms with Crippen LogP contribution >= 0.6 is 0 Å². The summed E-state index contributed by atoms with van der Waals surface area (Å²) < 4.78 is 41.6. The van der Waals surface area contributed by atoms with Crippen LogP contribution in [0.3, 0.4) is 0 Å². The standard InChI is InChI=1S/C15H17F3N2O4/c1-20(13(22)15(16,17)18)8-7-12(9-21)19-14(23)24-10-11-5-3-2-4-6-11/h2-6,9,12H,7-8,10H2,1H3,(H,19,23)/t12-/m0/s1. The molecule has 1 rings (SSSR count). The van der Waals surface area contributed by atoms with Crippen molar-refractivity contribution < 1.29 is 32.3 Å². The smallest absolute Gasteiger partial charge is 0.445 e. The molecule has 6 nitrogen and oxygen atoms in total. The third-order valence-corrected chi connectivity index (χ3v) is 3.04. The Labute approximate surface area is 136 Å². The molecule has 1 aromatic rings. The lowest BCUT2D eigenvalue weighted by molar-refractivity contribution is -0.184. The van der Waals surface area contributed by atoms with E-state index in [1.165, 1.54) is 0 Å². The van der Waals surface area contributed by atoms with Crippen molar-refractivity contribution in [2.45, 2.75) is 25.2 Å². The van der Waals surface area contributed by atoms with Crippen molar-refractivity contribution in [3.8, 4) is 0 Å². The fourth-order valence-corrected chi connectivity index (χ4v) is 1.74. The molecule has 1 aromatic carbocycles. The van der Waals surface area contributed by atoms with Gasteiger partial charge in [0.1, 0.15) is 12.9 Å². The number of carbonyl (C=O) groups is 3. The molecule has 24 heavy (non-hydrogen) atoms. The number of hydrogen-bond donors (Lipinski definition) is 1. The summed E-state index contributed by atoms with van der Waals surface area (Å²) in [5.74, 6) is -2.01. The van der Waals surface area contributed by atoms with E-state index in [1.807, 2.05) is 0 Å². The molecule has 0 spiro atoms. The molecule has 0 aliphatic rings. The summed E-state index contributed by atoms with van der Waals surface area (Å²) in [6.07, 6.45) is -5.65. The topological polar surface area (TPSA) is 75.7 Å². The third-order valence-electron chi connectivity index (χ3n) is 3.04. The third kappa shape index (κ3) is 6.67. The largest absolute Gasteiger partial charge is 0.471 e. The summed E-state index contributed by atoms with van der Waals surface area (Å²) in [7, 11) is 0.964. The van der Waals surface area contributed by atoms with E-state index in [2.05, 4.69) is 5.32 Å². The average Bonchev–Trinajstić information content (AvgIpc) is 2.55. The first-order chi connectivity index (χ1) is 11.2. The Bertz CT molecular complexity index is 564. The predicted molar refractivity (Wildman–Crippen MR) is 77.9 cm³/mol. The molecule has 0 aliphatic carbocycles. The fraction of sp³-hybridized carbons (Fsp3) is 0.400. The summed E-state index contributed by atoms with van der Waals surface area (Å²) in [4.78, 5) is 33.9. The van der Waals surface area contributed by atoms with Gasteiger partial charge in [-0.05, 0) is 12.0 Å². The molecule has 0 unspecified atom stereocenters. The van der Waals surface area contributed by atoms with Gasteiger partial charge in [-0.25, -0.2) is 4.79 Å². The molecule has 2 amide bonds. The molecule has 1 atom stereocenters. The second-order valence-electron chi connectivity index (χ2n) is 4.96. The molecule has 0 bridgehead atoms. The second-order valence-corrected chi connectivity index (χ2v) is 4.96. The molecular formula is C15H17F3N2O4. The number of alkyl carbamates (subject to hydrolysis) is 1. The van der Waals surface area contributed by atoms with Gasteiger partial charge in [0.2, 0.25) is 0 Å². The number of carbonyl (C=O) groups excluding carboxylic acids is 3. The molecule has 0 aromatic heterocycles. The highest BCUT2D eigenvalue weighted by atomic mass is 19.4. The Morgan fingerprint density at radius 3 is 2.46 bits per heavy atom. The second kappa shape index (κ2) is 8.90. The number of amides is 2. The summed E-state index contributed by atoms with van der Waals surface area (Å²) >= 11 is 0. The highest BCUT2D eigenvalue weighted by molar-refractivity contribution is 5.81. The zero-order chi connectivity index (χ0) is 18.2. The van der Waals surface area contributed by atoms with Crippen molar-refractivity contribution in [2.24, 2.45) is 0 Å². The quantitative estimate of drug-likeness (QED) is 0.765. The maximum absolute atomic E-state index is 12.2. The fourth-order valence-electron chi connectivity index (χ4n) is 1.74. The number of nitrogens with one attached hydrogen (secondary N) is 1. The van der Waals surface area contributed by atoms with Gasteiger partial charge in [0.05, 0.1) is 6.04 Å². The Kier molecular flexibility index (Phi) is 7.22. The Morgan fingerprint density at radius 1 is 1.29 bits per heavy atom. The van der Waals surface area contributed by atoms with E-state index < -0.39 is 24.2 Å². The van der Waals surface area contributed by atoms with Crippen LogP contribution < -0.4 is 5.32 Å². The number of halogens is 3. The lowest BCUT2D eigenvalue weighted by Gasteiger charge is -2.20. The van der Waals surface area contributed by atoms with Gasteiger partial charge in [0.25, 0.3) is 0 Å². The minimum atomic E-state index is -4.98. The van der Waals surface area contributed by atoms with Crippen LogP contribution in [0.2, 0.25) is 0 Å². The Balaban J connectivity index is 2.39. The van der Waals surface area contributed by atoms with Gasteiger partial charge in [-0.1, -0.05) is 30.3 Å². The zero-order valence-corrected chi connectivity index (χ0v) is 12.9. The number of ether oxygens (including phenoxy) is 1. The van der Waals surface area contributed by atoms with E-state index in [0.29, 0.717) is 11.2 Å². The number of nitrogens with zero attached hydrogens (tertiary/aromatic N) is 1. The minimum Gasteiger partial charge on any atom is -0.445 e. The Hall–Kier alpha value is -2.58. The number of hydrogen-bond acceptors (Lipinski definition) is 4. The summed E-state index contributed by atoms with van der Waals surface area (Å²) in [6.45, 7) is -0.356. The van der Waals surface area contributed by atoms with Crippen LogP contribution in [0.15, 0.2) is 30.3 Å². The van der Waals surface area contributed by atoms with Crippen molar-refractivity contribution in [2.75, 3.05) is 13.6 Å². The van der Waals surface area contributed by atoms with Crippen LogP contribution in [0.5, 0.6) is 0 Å². The first-order valence-electron chi connectivity index (χ1n) is 6.99. The Morgan fingerprint density at radius 2 is 1.92 bits per heavy atom. The lowest BCUT2D eigenvalue weighted by Crippen LogP contribution is -2.43. The summed E-state index contributed by atoms with van der Waals surface area (Å²) in [6, 6.07) is 7.74. The van der Waals surface area contributed by atoms with E-state index in [-0.39, 0.29) is 19.6 Å². The van der Waals surface area contributed by atoms with Gasteiger partial charge in [0.15, 0.2) is 0 Å². The lowest BCUT2D eigenvalue weighted by atomic mass is 10.2. The number of aldehydes is 1. The van der Waals surface area contributed by atoms with Crippen LogP contribution in [0.25, 0.3) is 0 Å². The average molecular weight is 346 g/mol. The first-order valence-corrected chi connectivity index (χ1v) is 6.99. The molecule has 0 saturated heterocycles. The molecule has 9 heteroatoms. The molecule has 0 saturated carbocycles. The zero-order valence-electron chi connectivity index (χ0n) is 12.9. The van der Waals surface area contributed by atoms with Crippen molar-refractivity contribution in [3.63, 3.8) is 0 Å². The maximum atomic E-state index is 12.2. The van der Waals surface area contributed by atoms with Crippen molar-refractivity contribution in [1.29, 1.82) is 0 Å². The van der Waals surface area contributed by atoms with Gasteiger partial charge in [0, 0.05) is 13.6 Å². The van der Waals surface area contributed by atoms with Crippen LogP contribution in [-0.2, 0) is 20.9 Å². The van der Waals surface area contributed by atoms with Gasteiger partial charge < -0.3 is 19.7 Å². The van der Waals surface area contributed by atoms with E-state index in [9.17, 15) is 27.6 Å². The molecule has 0 heterocycles. The van der Waals surface area contributed by atoms with Crippen LogP contribution in [-0.4, -0.2) is 49.0 Å². The minimum absolute atomic E-state index is 0.00921. The molecule has 132 valence electrons. The van der Waals surface area contributed by atoms with E-state index >= 15 is 0 Å². The summed E-state index contributed by atoms with van der Waals surface area (Å²) in [5, 5.41) is 2.22. The van der Waals surface area contributed by atoms with Gasteiger partial charge in [-0.3, -0.25) is 4.79 Å². The predicted octanol–water partition coefficient (Wildman–Crippen LogP) is 1.89. The molecule has 1 N–H and O–H groups in total. The SMILES string of the molecule is CN(CC[C@@H](C=O)NC(=O)OCc1ccccc1)C(=O)C(F)(F)F. The maximum Gasteiger partial charge on any atom is 0.471 e. The van der Waals surface area contributed by atoms with Gasteiger partial charge in [-0.15, -0.1) is 0 Å². The van der Waals surface area contributed by atoms with E-state index in [1.54, 1.807) is 30.3 Å². The molecule has 0 fully saturated rings. The highest BCUT2D eigenvalue weighted by Crippen LogP contribution is 2.17. The van der Waals surface area contributed by atoms with Crippen LogP contribution in [0.1, 0.15) is 12.0 Å². The summed E-state index contributed by atoms with van der Waals surface area (Å²) in [5.41, 5.74) is 0.741. The van der Waals surface area contributed by atoms with Crippen LogP contribution in [0.4, 0.5) is 18.0 Å². The van der Waals surface area contributed by atoms with E-state index in [0.717, 1.165) is 12.6 Å². The number of rotatable bonds is 7. The number of alkyl halides is 3. The monoisotopic (exact) mass is 346 g/mol.